The first-order chi connectivity index (χ1) is 9.52. The summed E-state index contributed by atoms with van der Waals surface area (Å²) in [6, 6.07) is 6.00. The number of aryl methyl sites for hydroxylation is 1. The van der Waals surface area contributed by atoms with Crippen molar-refractivity contribution < 1.29 is 14.0 Å². The molecule has 2 aromatic rings. The maximum atomic E-state index is 13.2. The van der Waals surface area contributed by atoms with Gasteiger partial charge in [-0.3, -0.25) is 9.59 Å². The van der Waals surface area contributed by atoms with Crippen LogP contribution in [-0.4, -0.2) is 29.5 Å². The first kappa shape index (κ1) is 14.0. The van der Waals surface area contributed by atoms with Gasteiger partial charge in [-0.15, -0.1) is 0 Å². The summed E-state index contributed by atoms with van der Waals surface area (Å²) in [5, 5.41) is 5.90. The van der Waals surface area contributed by atoms with E-state index in [-0.39, 0.29) is 24.2 Å². The van der Waals surface area contributed by atoms with Crippen molar-refractivity contribution in [1.82, 2.24) is 15.2 Å². The van der Waals surface area contributed by atoms with Crippen LogP contribution in [-0.2, 0) is 11.8 Å². The Bertz CT molecular complexity index is 664. The van der Waals surface area contributed by atoms with Gasteiger partial charge in [-0.1, -0.05) is 0 Å². The van der Waals surface area contributed by atoms with Crippen LogP contribution in [0.25, 0.3) is 10.9 Å². The standard InChI is InChI=1S/C14H16FN3O2/c1-3-16-13(19)8-17-14(20)12-6-9-4-5-10(15)7-11(9)18(12)2/h4-7H,3,8H2,1-2H3,(H,16,19)(H,17,20). The van der Waals surface area contributed by atoms with Gasteiger partial charge < -0.3 is 15.2 Å². The van der Waals surface area contributed by atoms with Crippen LogP contribution in [0.4, 0.5) is 4.39 Å². The van der Waals surface area contributed by atoms with Crippen molar-refractivity contribution in [3.8, 4) is 0 Å². The van der Waals surface area contributed by atoms with Gasteiger partial charge in [-0.05, 0) is 31.2 Å². The monoisotopic (exact) mass is 277 g/mol. The molecule has 1 aromatic heterocycles. The summed E-state index contributed by atoms with van der Waals surface area (Å²) in [6.07, 6.45) is 0. The highest BCUT2D eigenvalue weighted by atomic mass is 19.1. The van der Waals surface area contributed by atoms with Crippen LogP contribution in [0.15, 0.2) is 24.3 Å². The molecule has 6 heteroatoms. The van der Waals surface area contributed by atoms with E-state index in [1.165, 1.54) is 12.1 Å². The second-order valence-electron chi connectivity index (χ2n) is 4.43. The molecule has 2 rings (SSSR count). The molecule has 0 aliphatic heterocycles. The lowest BCUT2D eigenvalue weighted by molar-refractivity contribution is -0.120. The Balaban J connectivity index is 2.18. The smallest absolute Gasteiger partial charge is 0.268 e. The number of aromatic nitrogens is 1. The van der Waals surface area contributed by atoms with Crippen molar-refractivity contribution in [2.45, 2.75) is 6.92 Å². The third-order valence-corrected chi connectivity index (χ3v) is 3.02. The zero-order valence-corrected chi connectivity index (χ0v) is 11.4. The Hall–Kier alpha value is -2.37. The molecule has 5 nitrogen and oxygen atoms in total. The summed E-state index contributed by atoms with van der Waals surface area (Å²) in [7, 11) is 1.68. The molecule has 0 radical (unpaired) electrons. The zero-order chi connectivity index (χ0) is 14.7. The third kappa shape index (κ3) is 2.79. The molecule has 0 spiro atoms. The summed E-state index contributed by atoms with van der Waals surface area (Å²) < 4.78 is 14.8. The van der Waals surface area contributed by atoms with Gasteiger partial charge >= 0.3 is 0 Å². The van der Waals surface area contributed by atoms with E-state index in [9.17, 15) is 14.0 Å². The molecule has 0 unspecified atom stereocenters. The molecule has 20 heavy (non-hydrogen) atoms. The van der Waals surface area contributed by atoms with E-state index in [2.05, 4.69) is 10.6 Å². The first-order valence-corrected chi connectivity index (χ1v) is 6.32. The molecule has 0 aliphatic rings. The maximum Gasteiger partial charge on any atom is 0.268 e. The molecule has 1 heterocycles. The molecule has 0 aliphatic carbocycles. The minimum atomic E-state index is -0.365. The molecule has 1 aromatic carbocycles. The zero-order valence-electron chi connectivity index (χ0n) is 11.4. The van der Waals surface area contributed by atoms with E-state index in [0.717, 1.165) is 5.39 Å². The van der Waals surface area contributed by atoms with Crippen LogP contribution in [0.5, 0.6) is 0 Å². The van der Waals surface area contributed by atoms with Crippen LogP contribution in [0.2, 0.25) is 0 Å². The number of rotatable bonds is 4. The quantitative estimate of drug-likeness (QED) is 0.881. The van der Waals surface area contributed by atoms with E-state index >= 15 is 0 Å². The van der Waals surface area contributed by atoms with Crippen LogP contribution in [0.3, 0.4) is 0 Å². The molecule has 2 amide bonds. The predicted octanol–water partition coefficient (Wildman–Crippen LogP) is 1.18. The fourth-order valence-electron chi connectivity index (χ4n) is 2.03. The van der Waals surface area contributed by atoms with Crippen molar-refractivity contribution in [2.24, 2.45) is 7.05 Å². The van der Waals surface area contributed by atoms with Crippen LogP contribution >= 0.6 is 0 Å². The fourth-order valence-corrected chi connectivity index (χ4v) is 2.03. The molecule has 0 bridgehead atoms. The van der Waals surface area contributed by atoms with Crippen molar-refractivity contribution in [3.63, 3.8) is 0 Å². The minimum Gasteiger partial charge on any atom is -0.355 e. The van der Waals surface area contributed by atoms with Gasteiger partial charge in [-0.2, -0.15) is 0 Å². The predicted molar refractivity (Wildman–Crippen MR) is 73.9 cm³/mol. The Morgan fingerprint density at radius 2 is 2.00 bits per heavy atom. The van der Waals surface area contributed by atoms with Gasteiger partial charge in [0.05, 0.1) is 12.1 Å². The van der Waals surface area contributed by atoms with Gasteiger partial charge in [0.1, 0.15) is 11.5 Å². The Kier molecular flexibility index (Phi) is 4.02. The highest BCUT2D eigenvalue weighted by Crippen LogP contribution is 2.19. The molecule has 0 saturated carbocycles. The van der Waals surface area contributed by atoms with E-state index in [0.29, 0.717) is 17.8 Å². The summed E-state index contributed by atoms with van der Waals surface area (Å²) in [6.45, 7) is 2.24. The molecular formula is C14H16FN3O2. The van der Waals surface area contributed by atoms with Gasteiger partial charge in [-0.25, -0.2) is 4.39 Å². The summed E-state index contributed by atoms with van der Waals surface area (Å²) in [5.41, 5.74) is 1.02. The lowest BCUT2D eigenvalue weighted by Gasteiger charge is -2.06. The third-order valence-electron chi connectivity index (χ3n) is 3.02. The van der Waals surface area contributed by atoms with Gasteiger partial charge in [0.15, 0.2) is 0 Å². The lowest BCUT2D eigenvalue weighted by Crippen LogP contribution is -2.37. The highest BCUT2D eigenvalue weighted by Gasteiger charge is 2.14. The number of fused-ring (bicyclic) bond motifs is 1. The molecule has 106 valence electrons. The van der Waals surface area contributed by atoms with E-state index < -0.39 is 0 Å². The highest BCUT2D eigenvalue weighted by molar-refractivity contribution is 6.00. The van der Waals surface area contributed by atoms with Crippen LogP contribution in [0, 0.1) is 5.82 Å². The van der Waals surface area contributed by atoms with E-state index in [4.69, 9.17) is 0 Å². The van der Waals surface area contributed by atoms with Crippen molar-refractivity contribution >= 4 is 22.7 Å². The number of carbonyl (C=O) groups is 2. The number of nitrogens with zero attached hydrogens (tertiary/aromatic N) is 1. The van der Waals surface area contributed by atoms with Crippen molar-refractivity contribution in [3.05, 3.63) is 35.8 Å². The Morgan fingerprint density at radius 3 is 2.70 bits per heavy atom. The van der Waals surface area contributed by atoms with Crippen LogP contribution < -0.4 is 10.6 Å². The number of halogens is 1. The SMILES string of the molecule is CCNC(=O)CNC(=O)c1cc2ccc(F)cc2n1C. The fraction of sp³-hybridized carbons (Fsp3) is 0.286. The molecule has 0 saturated heterocycles. The lowest BCUT2D eigenvalue weighted by atomic mass is 10.2. The van der Waals surface area contributed by atoms with Gasteiger partial charge in [0, 0.05) is 19.0 Å². The summed E-state index contributed by atoms with van der Waals surface area (Å²) >= 11 is 0. The average molecular weight is 277 g/mol. The second-order valence-corrected chi connectivity index (χ2v) is 4.43. The number of likely N-dealkylation sites (N-methyl/N-ethyl adjacent to an activating group) is 1. The average Bonchev–Trinajstić information content (AvgIpc) is 2.74. The minimum absolute atomic E-state index is 0.0808. The summed E-state index contributed by atoms with van der Waals surface area (Å²) in [4.78, 5) is 23.3. The molecule has 0 atom stereocenters. The molecule has 0 fully saturated rings. The Morgan fingerprint density at radius 1 is 1.25 bits per heavy atom. The molecular weight excluding hydrogens is 261 g/mol. The van der Waals surface area contributed by atoms with E-state index in [1.807, 2.05) is 0 Å². The normalized spacial score (nSPS) is 10.6. The van der Waals surface area contributed by atoms with Crippen molar-refractivity contribution in [2.75, 3.05) is 13.1 Å². The first-order valence-electron chi connectivity index (χ1n) is 6.32. The largest absolute Gasteiger partial charge is 0.355 e. The number of hydrogen-bond donors (Lipinski definition) is 2. The number of carbonyl (C=O) groups excluding carboxylic acids is 2. The summed E-state index contributed by atoms with van der Waals surface area (Å²) in [5.74, 6) is -0.964. The molecule has 2 N–H and O–H groups in total. The van der Waals surface area contributed by atoms with Crippen LogP contribution in [0.1, 0.15) is 17.4 Å². The van der Waals surface area contributed by atoms with Crippen molar-refractivity contribution in [1.29, 1.82) is 0 Å². The second kappa shape index (κ2) is 5.73. The van der Waals surface area contributed by atoms with Gasteiger partial charge in [0.2, 0.25) is 5.91 Å². The maximum absolute atomic E-state index is 13.2. The van der Waals surface area contributed by atoms with Gasteiger partial charge in [0.25, 0.3) is 5.91 Å². The Labute approximate surface area is 115 Å². The topological polar surface area (TPSA) is 63.1 Å². The number of nitrogens with one attached hydrogen (secondary N) is 2. The number of amides is 2. The number of benzene rings is 1. The number of hydrogen-bond acceptors (Lipinski definition) is 2. The van der Waals surface area contributed by atoms with E-state index in [1.54, 1.807) is 30.7 Å².